The zero-order valence-corrected chi connectivity index (χ0v) is 12.5. The predicted molar refractivity (Wildman–Crippen MR) is 78.8 cm³/mol. The van der Waals surface area contributed by atoms with E-state index in [0.717, 1.165) is 10.9 Å². The minimum atomic E-state index is 0.303. The average molecular weight is 263 g/mol. The van der Waals surface area contributed by atoms with E-state index in [1.165, 1.54) is 44.1 Å². The molecular weight excluding hydrogens is 240 g/mol. The van der Waals surface area contributed by atoms with Crippen LogP contribution in [-0.4, -0.2) is 0 Å². The van der Waals surface area contributed by atoms with Gasteiger partial charge in [-0.25, -0.2) is 0 Å². The Balaban J connectivity index is 2.23. The molecule has 3 rings (SSSR count). The largest absolute Gasteiger partial charge is 0.0840 e. The Labute approximate surface area is 116 Å². The van der Waals surface area contributed by atoms with Gasteiger partial charge in [0.1, 0.15) is 0 Å². The molecule has 2 aliphatic carbocycles. The molecule has 0 heterocycles. The minimum absolute atomic E-state index is 0.303. The topological polar surface area (TPSA) is 0 Å². The molecule has 1 aromatic carbocycles. The molecule has 1 saturated carbocycles. The molecule has 0 saturated heterocycles. The van der Waals surface area contributed by atoms with Crippen molar-refractivity contribution in [2.24, 2.45) is 0 Å². The standard InChI is InChI=1S/C17H23Cl/c1-4-17(2,3)16-13-7-5-6-12(13)15(18)10-14(16)11-8-9-11/h10-11H,4-9H2,1-3H3. The summed E-state index contributed by atoms with van der Waals surface area (Å²) >= 11 is 6.51. The first-order valence-corrected chi connectivity index (χ1v) is 7.77. The van der Waals surface area contributed by atoms with Gasteiger partial charge in [-0.3, -0.25) is 0 Å². The molecule has 0 atom stereocenters. The van der Waals surface area contributed by atoms with Gasteiger partial charge < -0.3 is 0 Å². The van der Waals surface area contributed by atoms with Crippen molar-refractivity contribution >= 4 is 11.6 Å². The molecule has 1 aromatic rings. The van der Waals surface area contributed by atoms with Gasteiger partial charge in [-0.1, -0.05) is 32.4 Å². The molecule has 0 nitrogen and oxygen atoms in total. The predicted octanol–water partition coefficient (Wildman–Crippen LogP) is 5.39. The van der Waals surface area contributed by atoms with Gasteiger partial charge in [0.15, 0.2) is 0 Å². The fraction of sp³-hybridized carbons (Fsp3) is 0.647. The third-order valence-corrected chi connectivity index (χ3v) is 5.29. The lowest BCUT2D eigenvalue weighted by molar-refractivity contribution is 0.496. The second-order valence-corrected chi connectivity index (χ2v) is 7.05. The Morgan fingerprint density at radius 1 is 1.22 bits per heavy atom. The molecule has 1 heteroatoms. The van der Waals surface area contributed by atoms with Crippen LogP contribution in [0.3, 0.4) is 0 Å². The highest BCUT2D eigenvalue weighted by molar-refractivity contribution is 6.31. The van der Waals surface area contributed by atoms with E-state index in [9.17, 15) is 0 Å². The van der Waals surface area contributed by atoms with E-state index in [4.69, 9.17) is 11.6 Å². The van der Waals surface area contributed by atoms with Gasteiger partial charge in [-0.15, -0.1) is 0 Å². The molecule has 1 fully saturated rings. The summed E-state index contributed by atoms with van der Waals surface area (Å²) in [4.78, 5) is 0. The van der Waals surface area contributed by atoms with E-state index < -0.39 is 0 Å². The lowest BCUT2D eigenvalue weighted by atomic mass is 9.75. The van der Waals surface area contributed by atoms with Gasteiger partial charge in [0.05, 0.1) is 0 Å². The highest BCUT2D eigenvalue weighted by atomic mass is 35.5. The lowest BCUT2D eigenvalue weighted by Gasteiger charge is -2.30. The van der Waals surface area contributed by atoms with E-state index >= 15 is 0 Å². The van der Waals surface area contributed by atoms with Crippen LogP contribution in [0.1, 0.15) is 74.6 Å². The van der Waals surface area contributed by atoms with Crippen LogP contribution in [0.2, 0.25) is 5.02 Å². The Morgan fingerprint density at radius 2 is 1.89 bits per heavy atom. The maximum absolute atomic E-state index is 6.51. The second-order valence-electron chi connectivity index (χ2n) is 6.64. The van der Waals surface area contributed by atoms with Crippen LogP contribution in [0, 0.1) is 0 Å². The molecule has 0 unspecified atom stereocenters. The summed E-state index contributed by atoms with van der Waals surface area (Å²) in [5.41, 5.74) is 6.60. The lowest BCUT2D eigenvalue weighted by Crippen LogP contribution is -2.20. The quantitative estimate of drug-likeness (QED) is 0.685. The number of halogens is 1. The number of hydrogen-bond donors (Lipinski definition) is 0. The summed E-state index contributed by atoms with van der Waals surface area (Å²) in [5, 5.41) is 1.04. The summed E-state index contributed by atoms with van der Waals surface area (Å²) in [6.45, 7) is 7.12. The Bertz CT molecular complexity index is 481. The molecule has 0 spiro atoms. The third-order valence-electron chi connectivity index (χ3n) is 4.96. The maximum Gasteiger partial charge on any atom is 0.0443 e. The Hall–Kier alpha value is -0.490. The number of rotatable bonds is 3. The van der Waals surface area contributed by atoms with Crippen LogP contribution in [0.5, 0.6) is 0 Å². The van der Waals surface area contributed by atoms with Crippen molar-refractivity contribution in [3.8, 4) is 0 Å². The molecule has 2 aliphatic rings. The van der Waals surface area contributed by atoms with Gasteiger partial charge in [-0.2, -0.15) is 0 Å². The molecule has 0 amide bonds. The van der Waals surface area contributed by atoms with Crippen LogP contribution in [0.4, 0.5) is 0 Å². The SMILES string of the molecule is CCC(C)(C)c1c(C2CC2)cc(Cl)c2c1CCC2. The van der Waals surface area contributed by atoms with E-state index in [1.54, 1.807) is 16.7 Å². The van der Waals surface area contributed by atoms with Crippen molar-refractivity contribution in [2.75, 3.05) is 0 Å². The average Bonchev–Trinajstić information content (AvgIpc) is 3.07. The van der Waals surface area contributed by atoms with E-state index in [0.29, 0.717) is 5.41 Å². The minimum Gasteiger partial charge on any atom is -0.0840 e. The zero-order valence-electron chi connectivity index (χ0n) is 11.8. The van der Waals surface area contributed by atoms with Crippen molar-refractivity contribution in [1.29, 1.82) is 0 Å². The maximum atomic E-state index is 6.51. The summed E-state index contributed by atoms with van der Waals surface area (Å²) in [6.07, 6.45) is 7.65. The Morgan fingerprint density at radius 3 is 2.50 bits per heavy atom. The Kier molecular flexibility index (Phi) is 2.97. The molecule has 0 N–H and O–H groups in total. The summed E-state index contributed by atoms with van der Waals surface area (Å²) in [6, 6.07) is 2.30. The second kappa shape index (κ2) is 4.27. The fourth-order valence-corrected chi connectivity index (χ4v) is 3.77. The fourth-order valence-electron chi connectivity index (χ4n) is 3.45. The van der Waals surface area contributed by atoms with Gasteiger partial charge in [0.2, 0.25) is 0 Å². The van der Waals surface area contributed by atoms with Crippen LogP contribution in [0.15, 0.2) is 6.07 Å². The highest BCUT2D eigenvalue weighted by Crippen LogP contribution is 2.49. The van der Waals surface area contributed by atoms with Gasteiger partial charge in [0.25, 0.3) is 0 Å². The zero-order chi connectivity index (χ0) is 12.9. The summed E-state index contributed by atoms with van der Waals surface area (Å²) < 4.78 is 0. The summed E-state index contributed by atoms with van der Waals surface area (Å²) in [5.74, 6) is 0.800. The van der Waals surface area contributed by atoms with Crippen LogP contribution in [-0.2, 0) is 18.3 Å². The van der Waals surface area contributed by atoms with Crippen molar-refractivity contribution in [3.63, 3.8) is 0 Å². The normalized spacial score (nSPS) is 19.1. The molecule has 0 bridgehead atoms. The third kappa shape index (κ3) is 1.90. The number of fused-ring (bicyclic) bond motifs is 1. The van der Waals surface area contributed by atoms with Gasteiger partial charge in [-0.05, 0) is 78.2 Å². The molecule has 98 valence electrons. The highest BCUT2D eigenvalue weighted by Gasteiger charge is 2.35. The first kappa shape index (κ1) is 12.5. The van der Waals surface area contributed by atoms with E-state index in [-0.39, 0.29) is 0 Å². The molecule has 0 aromatic heterocycles. The van der Waals surface area contributed by atoms with Crippen molar-refractivity contribution in [1.82, 2.24) is 0 Å². The van der Waals surface area contributed by atoms with Crippen LogP contribution >= 0.6 is 11.6 Å². The first-order chi connectivity index (χ1) is 8.54. The van der Waals surface area contributed by atoms with Crippen molar-refractivity contribution in [2.45, 2.75) is 70.6 Å². The van der Waals surface area contributed by atoms with Gasteiger partial charge >= 0.3 is 0 Å². The molecule has 0 radical (unpaired) electrons. The first-order valence-electron chi connectivity index (χ1n) is 7.39. The van der Waals surface area contributed by atoms with Crippen molar-refractivity contribution in [3.05, 3.63) is 33.3 Å². The smallest absolute Gasteiger partial charge is 0.0443 e. The van der Waals surface area contributed by atoms with Crippen molar-refractivity contribution < 1.29 is 0 Å². The molecular formula is C17H23Cl. The van der Waals surface area contributed by atoms with Crippen LogP contribution < -0.4 is 0 Å². The number of hydrogen-bond acceptors (Lipinski definition) is 0. The molecule has 0 aliphatic heterocycles. The van der Waals surface area contributed by atoms with E-state index in [1.807, 2.05) is 0 Å². The van der Waals surface area contributed by atoms with Gasteiger partial charge in [0, 0.05) is 5.02 Å². The van der Waals surface area contributed by atoms with Crippen LogP contribution in [0.25, 0.3) is 0 Å². The number of benzene rings is 1. The monoisotopic (exact) mass is 262 g/mol. The molecule has 18 heavy (non-hydrogen) atoms. The van der Waals surface area contributed by atoms with E-state index in [2.05, 4.69) is 26.8 Å². The summed E-state index contributed by atoms with van der Waals surface area (Å²) in [7, 11) is 0.